The van der Waals surface area contributed by atoms with Gasteiger partial charge in [0, 0.05) is 17.3 Å². The molecule has 174 valence electrons. The van der Waals surface area contributed by atoms with E-state index in [0.29, 0.717) is 39.4 Å². The van der Waals surface area contributed by atoms with Gasteiger partial charge < -0.3 is 14.2 Å². The summed E-state index contributed by atoms with van der Waals surface area (Å²) in [4.78, 5) is 17.1. The number of fused-ring (bicyclic) bond motifs is 1. The molecule has 0 atom stereocenters. The molecule has 2 aromatic heterocycles. The van der Waals surface area contributed by atoms with E-state index in [0.717, 1.165) is 16.8 Å². The van der Waals surface area contributed by atoms with Crippen molar-refractivity contribution in [1.29, 1.82) is 0 Å². The molecule has 5 nitrogen and oxygen atoms in total. The van der Waals surface area contributed by atoms with Crippen molar-refractivity contribution in [1.82, 2.24) is 4.98 Å². The van der Waals surface area contributed by atoms with E-state index in [4.69, 9.17) is 20.4 Å². The van der Waals surface area contributed by atoms with Gasteiger partial charge in [-0.2, -0.15) is 0 Å². The highest BCUT2D eigenvalue weighted by Gasteiger charge is 2.14. The first-order valence-corrected chi connectivity index (χ1v) is 11.7. The number of carbonyl (C=O) groups excluding carboxylic acids is 1. The highest BCUT2D eigenvalue weighted by atomic mass is 35.5. The monoisotopic (exact) mass is 482 g/mol. The Labute approximate surface area is 208 Å². The third-order valence-corrected chi connectivity index (χ3v) is 5.96. The maximum Gasteiger partial charge on any atom is 0.248 e. The van der Waals surface area contributed by atoms with Gasteiger partial charge in [0.2, 0.25) is 11.8 Å². The molecule has 0 aliphatic carbocycles. The van der Waals surface area contributed by atoms with Crippen molar-refractivity contribution < 1.29 is 13.6 Å². The maximum absolute atomic E-state index is 12.5. The molecule has 0 unspecified atom stereocenters. The van der Waals surface area contributed by atoms with Crippen molar-refractivity contribution in [2.75, 3.05) is 5.32 Å². The first kappa shape index (κ1) is 22.7. The fourth-order valence-electron chi connectivity index (χ4n) is 3.73. The zero-order valence-electron chi connectivity index (χ0n) is 19.3. The molecule has 5 aromatic rings. The molecule has 0 radical (unpaired) electrons. The number of nitrogens with zero attached hydrogens (tertiary/aromatic N) is 1. The van der Waals surface area contributed by atoms with Gasteiger partial charge in [0.25, 0.3) is 0 Å². The topological polar surface area (TPSA) is 68.3 Å². The van der Waals surface area contributed by atoms with Gasteiger partial charge >= 0.3 is 0 Å². The summed E-state index contributed by atoms with van der Waals surface area (Å²) in [5.74, 6) is 1.83. The first-order chi connectivity index (χ1) is 17.0. The number of nitrogens with one attached hydrogen (secondary N) is 1. The van der Waals surface area contributed by atoms with Gasteiger partial charge in [-0.25, -0.2) is 4.98 Å². The van der Waals surface area contributed by atoms with Gasteiger partial charge in [-0.15, -0.1) is 0 Å². The van der Waals surface area contributed by atoms with Crippen molar-refractivity contribution in [3.05, 3.63) is 101 Å². The molecule has 2 heterocycles. The number of aromatic nitrogens is 1. The quantitative estimate of drug-likeness (QED) is 0.248. The molecule has 1 amide bonds. The fourth-order valence-corrected chi connectivity index (χ4v) is 3.93. The van der Waals surface area contributed by atoms with E-state index >= 15 is 0 Å². The number of halogens is 1. The van der Waals surface area contributed by atoms with Crippen LogP contribution in [0.4, 0.5) is 5.69 Å². The van der Waals surface area contributed by atoms with Crippen LogP contribution in [-0.4, -0.2) is 10.9 Å². The van der Waals surface area contributed by atoms with Gasteiger partial charge in [0.05, 0.1) is 10.6 Å². The minimum atomic E-state index is -0.296. The van der Waals surface area contributed by atoms with Crippen LogP contribution in [0.2, 0.25) is 5.02 Å². The van der Waals surface area contributed by atoms with Crippen LogP contribution in [0.25, 0.3) is 40.0 Å². The van der Waals surface area contributed by atoms with Crippen LogP contribution in [0.1, 0.15) is 31.1 Å². The van der Waals surface area contributed by atoms with E-state index in [1.165, 1.54) is 11.6 Å². The zero-order valence-corrected chi connectivity index (χ0v) is 20.0. The lowest BCUT2D eigenvalue weighted by Crippen LogP contribution is -2.07. The fraction of sp³-hybridized carbons (Fsp3) is 0.103. The second-order valence-electron chi connectivity index (χ2n) is 8.49. The van der Waals surface area contributed by atoms with Crippen molar-refractivity contribution in [2.45, 2.75) is 19.8 Å². The first-order valence-electron chi connectivity index (χ1n) is 11.3. The largest absolute Gasteiger partial charge is 0.457 e. The van der Waals surface area contributed by atoms with Gasteiger partial charge in [0.1, 0.15) is 17.0 Å². The van der Waals surface area contributed by atoms with Crippen LogP contribution in [-0.2, 0) is 4.79 Å². The van der Waals surface area contributed by atoms with Crippen LogP contribution in [0.15, 0.2) is 93.8 Å². The predicted molar refractivity (Wildman–Crippen MR) is 140 cm³/mol. The highest BCUT2D eigenvalue weighted by Crippen LogP contribution is 2.33. The number of carbonyl (C=O) groups is 1. The normalized spacial score (nSPS) is 11.5. The summed E-state index contributed by atoms with van der Waals surface area (Å²) in [6.07, 6.45) is 3.06. The number of rotatable bonds is 6. The molecule has 0 fully saturated rings. The zero-order chi connectivity index (χ0) is 24.4. The minimum Gasteiger partial charge on any atom is -0.457 e. The molecule has 35 heavy (non-hydrogen) atoms. The Balaban J connectivity index is 1.32. The molecule has 0 aliphatic rings. The van der Waals surface area contributed by atoms with Gasteiger partial charge in [-0.05, 0) is 60.0 Å². The van der Waals surface area contributed by atoms with Crippen LogP contribution in [0.3, 0.4) is 0 Å². The van der Waals surface area contributed by atoms with Crippen LogP contribution >= 0.6 is 11.6 Å². The Bertz CT molecular complexity index is 1530. The molecule has 6 heteroatoms. The second kappa shape index (κ2) is 9.65. The Morgan fingerprint density at radius 1 is 0.971 bits per heavy atom. The molecular weight excluding hydrogens is 460 g/mol. The molecular formula is C29H23ClN2O3. The Morgan fingerprint density at radius 2 is 1.80 bits per heavy atom. The number of anilines is 1. The summed E-state index contributed by atoms with van der Waals surface area (Å²) < 4.78 is 11.7. The summed E-state index contributed by atoms with van der Waals surface area (Å²) >= 11 is 6.43. The lowest BCUT2D eigenvalue weighted by molar-refractivity contribution is -0.111. The molecule has 3 aromatic carbocycles. The van der Waals surface area contributed by atoms with Crippen molar-refractivity contribution in [3.63, 3.8) is 0 Å². The second-order valence-corrected chi connectivity index (χ2v) is 8.89. The van der Waals surface area contributed by atoms with Crippen molar-refractivity contribution in [3.8, 4) is 22.8 Å². The predicted octanol–water partition coefficient (Wildman–Crippen LogP) is 8.18. The van der Waals surface area contributed by atoms with Gasteiger partial charge in [0.15, 0.2) is 5.58 Å². The molecule has 1 N–H and O–H groups in total. The van der Waals surface area contributed by atoms with Crippen LogP contribution < -0.4 is 5.32 Å². The maximum atomic E-state index is 12.5. The van der Waals surface area contributed by atoms with Crippen molar-refractivity contribution >= 4 is 40.4 Å². The van der Waals surface area contributed by atoms with Crippen molar-refractivity contribution in [2.24, 2.45) is 0 Å². The number of furan rings is 1. The number of oxazole rings is 1. The lowest BCUT2D eigenvalue weighted by Gasteiger charge is -2.05. The van der Waals surface area contributed by atoms with Gasteiger partial charge in [-0.3, -0.25) is 4.79 Å². The third-order valence-electron chi connectivity index (χ3n) is 5.63. The summed E-state index contributed by atoms with van der Waals surface area (Å²) in [5, 5.41) is 3.33. The van der Waals surface area contributed by atoms with E-state index in [-0.39, 0.29) is 5.91 Å². The SMILES string of the molecule is CC(C)c1ccc2oc(-c3cc(NC(=O)/C=C/c4ccc(-c5ccccc5)o4)ccc3Cl)nc2c1. The van der Waals surface area contributed by atoms with E-state index in [9.17, 15) is 4.79 Å². The average molecular weight is 483 g/mol. The van der Waals surface area contributed by atoms with E-state index in [2.05, 4.69) is 24.1 Å². The summed E-state index contributed by atoms with van der Waals surface area (Å²) in [6.45, 7) is 4.27. The van der Waals surface area contributed by atoms with E-state index < -0.39 is 0 Å². The average Bonchev–Trinajstić information content (AvgIpc) is 3.51. The number of amides is 1. The molecule has 5 rings (SSSR count). The number of hydrogen-bond acceptors (Lipinski definition) is 4. The van der Waals surface area contributed by atoms with Crippen LogP contribution in [0.5, 0.6) is 0 Å². The summed E-state index contributed by atoms with van der Waals surface area (Å²) in [7, 11) is 0. The Hall–Kier alpha value is -4.09. The standard InChI is InChI=1S/C29H23ClN2O3/c1-18(2)20-8-13-27-25(16-20)32-29(35-27)23-17-21(9-12-24(23)30)31-28(33)15-11-22-10-14-26(34-22)19-6-4-3-5-7-19/h3-18H,1-2H3,(H,31,33)/b15-11+. The Morgan fingerprint density at radius 3 is 2.60 bits per heavy atom. The number of benzene rings is 3. The Kier molecular flexibility index (Phi) is 6.25. The summed E-state index contributed by atoms with van der Waals surface area (Å²) in [6, 6.07) is 24.7. The molecule has 0 bridgehead atoms. The third kappa shape index (κ3) is 5.05. The van der Waals surface area contributed by atoms with E-state index in [1.54, 1.807) is 24.3 Å². The molecule has 0 aliphatic heterocycles. The molecule has 0 saturated carbocycles. The number of hydrogen-bond donors (Lipinski definition) is 1. The lowest BCUT2D eigenvalue weighted by atomic mass is 10.0. The van der Waals surface area contributed by atoms with Gasteiger partial charge in [-0.1, -0.05) is 61.8 Å². The molecule has 0 saturated heterocycles. The highest BCUT2D eigenvalue weighted by molar-refractivity contribution is 6.33. The van der Waals surface area contributed by atoms with E-state index in [1.807, 2.05) is 60.7 Å². The minimum absolute atomic E-state index is 0.296. The molecule has 0 spiro atoms. The summed E-state index contributed by atoms with van der Waals surface area (Å²) in [5.41, 5.74) is 4.80. The smallest absolute Gasteiger partial charge is 0.248 e. The van der Waals surface area contributed by atoms with Crippen LogP contribution in [0, 0.1) is 0 Å².